The summed E-state index contributed by atoms with van der Waals surface area (Å²) in [6.07, 6.45) is -2.71. The van der Waals surface area contributed by atoms with Crippen LogP contribution in [0.15, 0.2) is 0 Å². The zero-order valence-corrected chi connectivity index (χ0v) is 9.37. The van der Waals surface area contributed by atoms with Crippen LogP contribution < -0.4 is 0 Å². The highest BCUT2D eigenvalue weighted by Crippen LogP contribution is 2.22. The molecule has 4 nitrogen and oxygen atoms in total. The van der Waals surface area contributed by atoms with Gasteiger partial charge in [-0.15, -0.1) is 0 Å². The molecule has 17 heavy (non-hydrogen) atoms. The van der Waals surface area contributed by atoms with Gasteiger partial charge in [-0.2, -0.15) is 13.2 Å². The molecular weight excluding hydrogens is 239 g/mol. The zero-order chi connectivity index (χ0) is 12.9. The van der Waals surface area contributed by atoms with E-state index in [1.807, 2.05) is 0 Å². The van der Waals surface area contributed by atoms with Gasteiger partial charge < -0.3 is 9.84 Å². The molecule has 7 heteroatoms. The lowest BCUT2D eigenvalue weighted by Crippen LogP contribution is -2.44. The summed E-state index contributed by atoms with van der Waals surface area (Å²) >= 11 is 0. The number of carboxylic acid groups (broad SMARTS) is 1. The minimum atomic E-state index is -4.37. The van der Waals surface area contributed by atoms with Crippen LogP contribution in [0.2, 0.25) is 0 Å². The summed E-state index contributed by atoms with van der Waals surface area (Å²) in [7, 11) is 0. The lowest BCUT2D eigenvalue weighted by atomic mass is 10.1. The maximum Gasteiger partial charge on any atom is 0.401 e. The van der Waals surface area contributed by atoms with Crippen molar-refractivity contribution in [2.45, 2.75) is 31.5 Å². The minimum Gasteiger partial charge on any atom is -0.480 e. The summed E-state index contributed by atoms with van der Waals surface area (Å²) in [6, 6.07) is -0.366. The molecule has 1 aliphatic heterocycles. The lowest BCUT2D eigenvalue weighted by molar-refractivity contribution is -0.158. The topological polar surface area (TPSA) is 49.8 Å². The second kappa shape index (κ2) is 6.20. The van der Waals surface area contributed by atoms with E-state index in [1.54, 1.807) is 0 Å². The molecule has 0 aromatic carbocycles. The standard InChI is InChI=1S/C10H16F3NO3/c11-10(12,13)7-14(6-9(15)16)8-2-1-4-17-5-3-8/h8H,1-7H2,(H,15,16). The number of aliphatic carboxylic acids is 1. The van der Waals surface area contributed by atoms with Gasteiger partial charge >= 0.3 is 12.1 Å². The van der Waals surface area contributed by atoms with E-state index >= 15 is 0 Å². The van der Waals surface area contributed by atoms with Crippen LogP contribution in [0, 0.1) is 0 Å². The molecule has 1 atom stereocenters. The molecule has 1 heterocycles. The van der Waals surface area contributed by atoms with E-state index in [1.165, 1.54) is 0 Å². The third-order valence-corrected chi connectivity index (χ3v) is 2.66. The van der Waals surface area contributed by atoms with Crippen LogP contribution in [-0.2, 0) is 9.53 Å². The fraction of sp³-hybridized carbons (Fsp3) is 0.900. The lowest BCUT2D eigenvalue weighted by Gasteiger charge is -2.29. The highest BCUT2D eigenvalue weighted by molar-refractivity contribution is 5.69. The van der Waals surface area contributed by atoms with Gasteiger partial charge in [-0.1, -0.05) is 0 Å². The number of alkyl halides is 3. The van der Waals surface area contributed by atoms with Crippen molar-refractivity contribution in [3.8, 4) is 0 Å². The average molecular weight is 255 g/mol. The second-order valence-corrected chi connectivity index (χ2v) is 4.11. The molecule has 0 bridgehead atoms. The molecule has 1 unspecified atom stereocenters. The van der Waals surface area contributed by atoms with Crippen LogP contribution in [0.1, 0.15) is 19.3 Å². The molecule has 0 aromatic rings. The van der Waals surface area contributed by atoms with Crippen LogP contribution in [-0.4, -0.2) is 54.5 Å². The SMILES string of the molecule is O=C(O)CN(CC(F)(F)F)C1CCCOCC1. The molecule has 0 radical (unpaired) electrons. The maximum absolute atomic E-state index is 12.3. The van der Waals surface area contributed by atoms with Crippen molar-refractivity contribution >= 4 is 5.97 Å². The third kappa shape index (κ3) is 5.88. The van der Waals surface area contributed by atoms with Gasteiger partial charge in [0, 0.05) is 19.3 Å². The van der Waals surface area contributed by atoms with Gasteiger partial charge in [-0.25, -0.2) is 0 Å². The molecule has 0 aromatic heterocycles. The number of carbonyl (C=O) groups is 1. The largest absolute Gasteiger partial charge is 0.480 e. The monoisotopic (exact) mass is 255 g/mol. The average Bonchev–Trinajstić information content (AvgIpc) is 2.41. The number of ether oxygens (including phenoxy) is 1. The Hall–Kier alpha value is -0.820. The van der Waals surface area contributed by atoms with Crippen molar-refractivity contribution in [2.24, 2.45) is 0 Å². The Labute approximate surface area is 97.3 Å². The summed E-state index contributed by atoms with van der Waals surface area (Å²) in [5.74, 6) is -1.24. The van der Waals surface area contributed by atoms with E-state index < -0.39 is 25.2 Å². The third-order valence-electron chi connectivity index (χ3n) is 2.66. The molecular formula is C10H16F3NO3. The fourth-order valence-corrected chi connectivity index (χ4v) is 1.97. The first-order chi connectivity index (χ1) is 7.88. The van der Waals surface area contributed by atoms with Crippen LogP contribution in [0.3, 0.4) is 0 Å². The minimum absolute atomic E-state index is 0.366. The fourth-order valence-electron chi connectivity index (χ4n) is 1.97. The van der Waals surface area contributed by atoms with Gasteiger partial charge in [0.2, 0.25) is 0 Å². The highest BCUT2D eigenvalue weighted by Gasteiger charge is 2.34. The second-order valence-electron chi connectivity index (χ2n) is 4.11. The smallest absolute Gasteiger partial charge is 0.401 e. The Kier molecular flexibility index (Phi) is 5.20. The van der Waals surface area contributed by atoms with E-state index in [2.05, 4.69) is 0 Å². The molecule has 1 N–H and O–H groups in total. The molecule has 0 amide bonds. The molecule has 1 aliphatic rings. The first-order valence-electron chi connectivity index (χ1n) is 5.49. The summed E-state index contributed by atoms with van der Waals surface area (Å²) in [6.45, 7) is -0.837. The summed E-state index contributed by atoms with van der Waals surface area (Å²) in [4.78, 5) is 11.6. The Morgan fingerprint density at radius 2 is 2.06 bits per heavy atom. The predicted molar refractivity (Wildman–Crippen MR) is 53.7 cm³/mol. The molecule has 0 spiro atoms. The van der Waals surface area contributed by atoms with E-state index in [0.717, 1.165) is 4.90 Å². The zero-order valence-electron chi connectivity index (χ0n) is 9.37. The van der Waals surface area contributed by atoms with Crippen LogP contribution in [0.25, 0.3) is 0 Å². The number of hydrogen-bond donors (Lipinski definition) is 1. The number of halogens is 3. The molecule has 0 aliphatic carbocycles. The predicted octanol–water partition coefficient (Wildman–Crippen LogP) is 1.50. The molecule has 1 saturated heterocycles. The normalized spacial score (nSPS) is 22.5. The van der Waals surface area contributed by atoms with E-state index in [4.69, 9.17) is 9.84 Å². The first-order valence-corrected chi connectivity index (χ1v) is 5.49. The van der Waals surface area contributed by atoms with Gasteiger partial charge in [0.1, 0.15) is 0 Å². The van der Waals surface area contributed by atoms with Gasteiger partial charge in [0.25, 0.3) is 0 Å². The quantitative estimate of drug-likeness (QED) is 0.827. The number of carboxylic acids is 1. The highest BCUT2D eigenvalue weighted by atomic mass is 19.4. The van der Waals surface area contributed by atoms with Crippen molar-refractivity contribution in [1.82, 2.24) is 4.90 Å². The van der Waals surface area contributed by atoms with Gasteiger partial charge in [-0.3, -0.25) is 9.69 Å². The number of rotatable bonds is 4. The Morgan fingerprint density at radius 1 is 1.35 bits per heavy atom. The summed E-state index contributed by atoms with van der Waals surface area (Å²) in [5.41, 5.74) is 0. The summed E-state index contributed by atoms with van der Waals surface area (Å²) < 4.78 is 42.2. The molecule has 100 valence electrons. The van der Waals surface area contributed by atoms with E-state index in [-0.39, 0.29) is 6.04 Å². The summed E-state index contributed by atoms with van der Waals surface area (Å²) in [5, 5.41) is 8.64. The van der Waals surface area contributed by atoms with E-state index in [0.29, 0.717) is 32.5 Å². The Morgan fingerprint density at radius 3 is 2.65 bits per heavy atom. The molecule has 0 saturated carbocycles. The van der Waals surface area contributed by atoms with Crippen molar-refractivity contribution in [3.63, 3.8) is 0 Å². The van der Waals surface area contributed by atoms with Crippen molar-refractivity contribution < 1.29 is 27.8 Å². The molecule has 1 fully saturated rings. The van der Waals surface area contributed by atoms with Crippen molar-refractivity contribution in [3.05, 3.63) is 0 Å². The Bertz CT molecular complexity index is 250. The van der Waals surface area contributed by atoms with E-state index in [9.17, 15) is 18.0 Å². The van der Waals surface area contributed by atoms with Gasteiger partial charge in [-0.05, 0) is 19.3 Å². The van der Waals surface area contributed by atoms with Gasteiger partial charge in [0.15, 0.2) is 0 Å². The maximum atomic E-state index is 12.3. The van der Waals surface area contributed by atoms with Crippen LogP contribution in [0.5, 0.6) is 0 Å². The van der Waals surface area contributed by atoms with Gasteiger partial charge in [0.05, 0.1) is 13.1 Å². The van der Waals surface area contributed by atoms with Crippen molar-refractivity contribution in [2.75, 3.05) is 26.3 Å². The first kappa shape index (κ1) is 14.2. The number of nitrogens with zero attached hydrogens (tertiary/aromatic N) is 1. The van der Waals surface area contributed by atoms with Crippen molar-refractivity contribution in [1.29, 1.82) is 0 Å². The Balaban J connectivity index is 2.62. The van der Waals surface area contributed by atoms with Crippen LogP contribution >= 0.6 is 0 Å². The van der Waals surface area contributed by atoms with Crippen LogP contribution in [0.4, 0.5) is 13.2 Å². The molecule has 1 rings (SSSR count). The number of hydrogen-bond acceptors (Lipinski definition) is 3.